The summed E-state index contributed by atoms with van der Waals surface area (Å²) in [7, 11) is 1.12. The summed E-state index contributed by atoms with van der Waals surface area (Å²) in [5, 5.41) is 8.75. The first-order chi connectivity index (χ1) is 7.52. The summed E-state index contributed by atoms with van der Waals surface area (Å²) < 4.78 is 29.4. The molecular formula is C10H6BrF2NO2. The summed E-state index contributed by atoms with van der Waals surface area (Å²) in [5.74, 6) is -0.828. The Morgan fingerprint density at radius 3 is 2.62 bits per heavy atom. The van der Waals surface area contributed by atoms with E-state index in [1.807, 2.05) is 0 Å². The van der Waals surface area contributed by atoms with Crippen molar-refractivity contribution < 1.29 is 18.3 Å². The SMILES string of the molecule is COC(=O)c1c(C#N)ccc(C(F)F)c1Br. The Kier molecular flexibility index (Phi) is 3.96. The largest absolute Gasteiger partial charge is 0.465 e. The van der Waals surface area contributed by atoms with Crippen LogP contribution in [0, 0.1) is 11.3 Å². The number of hydrogen-bond acceptors (Lipinski definition) is 3. The van der Waals surface area contributed by atoms with Crippen LogP contribution in [0.1, 0.15) is 27.9 Å². The second kappa shape index (κ2) is 5.03. The van der Waals surface area contributed by atoms with Gasteiger partial charge < -0.3 is 4.74 Å². The molecular weight excluding hydrogens is 284 g/mol. The molecule has 0 bridgehead atoms. The van der Waals surface area contributed by atoms with Crippen LogP contribution < -0.4 is 0 Å². The number of carbonyl (C=O) groups excluding carboxylic acids is 1. The minimum Gasteiger partial charge on any atom is -0.465 e. The third kappa shape index (κ3) is 2.19. The molecule has 0 aromatic heterocycles. The molecule has 0 saturated heterocycles. The van der Waals surface area contributed by atoms with Crippen LogP contribution >= 0.6 is 15.9 Å². The zero-order valence-corrected chi connectivity index (χ0v) is 9.72. The van der Waals surface area contributed by atoms with Gasteiger partial charge in [-0.2, -0.15) is 5.26 Å². The van der Waals surface area contributed by atoms with E-state index in [-0.39, 0.29) is 21.2 Å². The maximum absolute atomic E-state index is 12.5. The van der Waals surface area contributed by atoms with Crippen LogP contribution in [0.4, 0.5) is 8.78 Å². The van der Waals surface area contributed by atoms with E-state index >= 15 is 0 Å². The molecule has 0 saturated carbocycles. The zero-order valence-electron chi connectivity index (χ0n) is 8.13. The first kappa shape index (κ1) is 12.6. The number of rotatable bonds is 2. The van der Waals surface area contributed by atoms with Crippen LogP contribution in [0.15, 0.2) is 16.6 Å². The smallest absolute Gasteiger partial charge is 0.340 e. The Hall–Kier alpha value is -1.48. The van der Waals surface area contributed by atoms with Gasteiger partial charge in [-0.05, 0) is 22.0 Å². The predicted molar refractivity (Wildman–Crippen MR) is 55.2 cm³/mol. The van der Waals surface area contributed by atoms with E-state index in [2.05, 4.69) is 20.7 Å². The molecule has 0 aliphatic heterocycles. The summed E-state index contributed by atoms with van der Waals surface area (Å²) in [6, 6.07) is 4.00. The second-order valence-electron chi connectivity index (χ2n) is 2.80. The van der Waals surface area contributed by atoms with Crippen LogP contribution in [-0.4, -0.2) is 13.1 Å². The third-order valence-electron chi connectivity index (χ3n) is 1.92. The number of halogens is 3. The lowest BCUT2D eigenvalue weighted by atomic mass is 10.0. The molecule has 0 spiro atoms. The molecule has 16 heavy (non-hydrogen) atoms. The minimum atomic E-state index is -2.73. The highest BCUT2D eigenvalue weighted by molar-refractivity contribution is 9.10. The van der Waals surface area contributed by atoms with Gasteiger partial charge >= 0.3 is 5.97 Å². The summed E-state index contributed by atoms with van der Waals surface area (Å²) in [6.07, 6.45) is -2.73. The van der Waals surface area contributed by atoms with Gasteiger partial charge in [0, 0.05) is 10.0 Å². The van der Waals surface area contributed by atoms with E-state index < -0.39 is 12.4 Å². The molecule has 0 aliphatic rings. The molecule has 0 fully saturated rings. The first-order valence-electron chi connectivity index (χ1n) is 4.11. The molecule has 1 rings (SSSR count). The number of nitriles is 1. The molecule has 0 radical (unpaired) electrons. The number of nitrogens with zero attached hydrogens (tertiary/aromatic N) is 1. The van der Waals surface area contributed by atoms with Gasteiger partial charge in [0.1, 0.15) is 6.07 Å². The predicted octanol–water partition coefficient (Wildman–Crippen LogP) is 3.04. The van der Waals surface area contributed by atoms with Gasteiger partial charge in [-0.3, -0.25) is 0 Å². The Balaban J connectivity index is 3.48. The Morgan fingerprint density at radius 1 is 1.56 bits per heavy atom. The van der Waals surface area contributed by atoms with E-state index in [0.717, 1.165) is 13.2 Å². The number of esters is 1. The van der Waals surface area contributed by atoms with Crippen molar-refractivity contribution in [3.63, 3.8) is 0 Å². The summed E-state index contributed by atoms with van der Waals surface area (Å²) in [5.41, 5.74) is -0.537. The van der Waals surface area contributed by atoms with E-state index in [0.29, 0.717) is 0 Å². The highest BCUT2D eigenvalue weighted by Gasteiger charge is 2.22. The first-order valence-corrected chi connectivity index (χ1v) is 4.91. The van der Waals surface area contributed by atoms with Crippen molar-refractivity contribution >= 4 is 21.9 Å². The van der Waals surface area contributed by atoms with Crippen molar-refractivity contribution in [1.29, 1.82) is 5.26 Å². The van der Waals surface area contributed by atoms with Crippen molar-refractivity contribution in [1.82, 2.24) is 0 Å². The molecule has 0 aliphatic carbocycles. The second-order valence-corrected chi connectivity index (χ2v) is 3.59. The van der Waals surface area contributed by atoms with Gasteiger partial charge in [0.25, 0.3) is 6.43 Å². The molecule has 1 aromatic rings. The molecule has 0 N–H and O–H groups in total. The van der Waals surface area contributed by atoms with Crippen LogP contribution in [-0.2, 0) is 4.74 Å². The number of ether oxygens (including phenoxy) is 1. The number of hydrogen-bond donors (Lipinski definition) is 0. The van der Waals surface area contributed by atoms with E-state index in [4.69, 9.17) is 5.26 Å². The highest BCUT2D eigenvalue weighted by atomic mass is 79.9. The van der Waals surface area contributed by atoms with Gasteiger partial charge in [0.15, 0.2) is 0 Å². The quantitative estimate of drug-likeness (QED) is 0.786. The summed E-state index contributed by atoms with van der Waals surface area (Å²) >= 11 is 2.88. The molecule has 0 amide bonds. The van der Waals surface area contributed by atoms with Gasteiger partial charge in [0.05, 0.1) is 18.2 Å². The zero-order chi connectivity index (χ0) is 12.3. The Bertz CT molecular complexity index is 469. The van der Waals surface area contributed by atoms with E-state index in [1.165, 1.54) is 6.07 Å². The van der Waals surface area contributed by atoms with Gasteiger partial charge in [-0.25, -0.2) is 13.6 Å². The van der Waals surface area contributed by atoms with E-state index in [9.17, 15) is 13.6 Å². The molecule has 0 heterocycles. The fourth-order valence-corrected chi connectivity index (χ4v) is 1.84. The lowest BCUT2D eigenvalue weighted by Gasteiger charge is -2.09. The maximum atomic E-state index is 12.5. The van der Waals surface area contributed by atoms with Gasteiger partial charge in [-0.15, -0.1) is 0 Å². The van der Waals surface area contributed by atoms with Crippen LogP contribution in [0.2, 0.25) is 0 Å². The topological polar surface area (TPSA) is 50.1 Å². The Labute approximate surface area is 98.8 Å². The molecule has 84 valence electrons. The van der Waals surface area contributed by atoms with Crippen molar-refractivity contribution in [3.05, 3.63) is 33.3 Å². The molecule has 1 aromatic carbocycles. The normalized spacial score (nSPS) is 10.0. The van der Waals surface area contributed by atoms with Gasteiger partial charge in [-0.1, -0.05) is 6.07 Å². The van der Waals surface area contributed by atoms with Crippen molar-refractivity contribution in [2.75, 3.05) is 7.11 Å². The number of alkyl halides is 2. The van der Waals surface area contributed by atoms with Crippen molar-refractivity contribution in [2.24, 2.45) is 0 Å². The van der Waals surface area contributed by atoms with Crippen LogP contribution in [0.3, 0.4) is 0 Å². The van der Waals surface area contributed by atoms with Crippen molar-refractivity contribution in [2.45, 2.75) is 6.43 Å². The number of carbonyl (C=O) groups is 1. The van der Waals surface area contributed by atoms with Crippen molar-refractivity contribution in [3.8, 4) is 6.07 Å². The van der Waals surface area contributed by atoms with Crippen LogP contribution in [0.5, 0.6) is 0 Å². The number of methoxy groups -OCH3 is 1. The molecule has 0 unspecified atom stereocenters. The molecule has 3 nitrogen and oxygen atoms in total. The monoisotopic (exact) mass is 289 g/mol. The van der Waals surface area contributed by atoms with Gasteiger partial charge in [0.2, 0.25) is 0 Å². The fourth-order valence-electron chi connectivity index (χ4n) is 1.16. The average molecular weight is 290 g/mol. The third-order valence-corrected chi connectivity index (χ3v) is 2.77. The lowest BCUT2D eigenvalue weighted by molar-refractivity contribution is 0.0598. The van der Waals surface area contributed by atoms with E-state index in [1.54, 1.807) is 6.07 Å². The maximum Gasteiger partial charge on any atom is 0.340 e. The Morgan fingerprint density at radius 2 is 2.19 bits per heavy atom. The summed E-state index contributed by atoms with van der Waals surface area (Å²) in [4.78, 5) is 11.3. The lowest BCUT2D eigenvalue weighted by Crippen LogP contribution is -2.07. The summed E-state index contributed by atoms with van der Waals surface area (Å²) in [6.45, 7) is 0. The number of benzene rings is 1. The standard InChI is InChI=1S/C10H6BrF2NO2/c1-16-10(15)7-5(4-14)2-3-6(8(7)11)9(12)13/h2-3,9H,1H3. The molecule has 6 heteroatoms. The fraction of sp³-hybridized carbons (Fsp3) is 0.200. The van der Waals surface area contributed by atoms with Crippen LogP contribution in [0.25, 0.3) is 0 Å². The highest BCUT2D eigenvalue weighted by Crippen LogP contribution is 2.32. The molecule has 0 atom stereocenters. The average Bonchev–Trinajstić information content (AvgIpc) is 2.26. The minimum absolute atomic E-state index is 0.0110.